The van der Waals surface area contributed by atoms with Crippen molar-refractivity contribution in [2.75, 3.05) is 27.2 Å². The first-order chi connectivity index (χ1) is 8.95. The van der Waals surface area contributed by atoms with Crippen LogP contribution in [0.15, 0.2) is 16.3 Å². The molecule has 1 aliphatic rings. The summed E-state index contributed by atoms with van der Waals surface area (Å²) >= 11 is 1.04. The van der Waals surface area contributed by atoms with Gasteiger partial charge >= 0.3 is 0 Å². The normalized spacial score (nSPS) is 21.5. The maximum Gasteiger partial charge on any atom is 0.252 e. The van der Waals surface area contributed by atoms with Crippen LogP contribution in [0.25, 0.3) is 0 Å². The second-order valence-corrected chi connectivity index (χ2v) is 8.10. The summed E-state index contributed by atoms with van der Waals surface area (Å²) in [4.78, 5) is 2.50. The summed E-state index contributed by atoms with van der Waals surface area (Å²) in [7, 11) is 0.500. The van der Waals surface area contributed by atoms with Crippen LogP contribution in [0.3, 0.4) is 0 Å². The van der Waals surface area contributed by atoms with E-state index in [1.54, 1.807) is 6.07 Å². The van der Waals surface area contributed by atoms with E-state index in [1.807, 2.05) is 20.2 Å². The molecule has 104 valence electrons. The number of nitriles is 1. The molecule has 2 heterocycles. The van der Waals surface area contributed by atoms with Crippen molar-refractivity contribution in [3.63, 3.8) is 0 Å². The van der Waals surface area contributed by atoms with E-state index in [2.05, 4.69) is 4.90 Å². The molecule has 7 heteroatoms. The summed E-state index contributed by atoms with van der Waals surface area (Å²) in [6.45, 7) is 1.08. The lowest BCUT2D eigenvalue weighted by Crippen LogP contribution is -2.47. The first-order valence-corrected chi connectivity index (χ1v) is 8.37. The molecule has 0 amide bonds. The number of hydrogen-bond donors (Lipinski definition) is 0. The van der Waals surface area contributed by atoms with Gasteiger partial charge in [-0.25, -0.2) is 8.42 Å². The van der Waals surface area contributed by atoms with E-state index in [4.69, 9.17) is 5.26 Å². The lowest BCUT2D eigenvalue weighted by atomic mass is 10.1. The molecule has 0 radical (unpaired) electrons. The minimum Gasteiger partial charge on any atom is -0.305 e. The molecular formula is C12H17N3O2S2. The lowest BCUT2D eigenvalue weighted by molar-refractivity contribution is 0.190. The van der Waals surface area contributed by atoms with E-state index in [0.717, 1.165) is 24.2 Å². The Kier molecular flexibility index (Phi) is 4.26. The van der Waals surface area contributed by atoms with Gasteiger partial charge in [0.2, 0.25) is 0 Å². The topological polar surface area (TPSA) is 64.4 Å². The second-order valence-electron chi connectivity index (χ2n) is 4.85. The van der Waals surface area contributed by atoms with Crippen LogP contribution in [0, 0.1) is 11.3 Å². The molecule has 1 atom stereocenters. The second kappa shape index (κ2) is 5.59. The summed E-state index contributed by atoms with van der Waals surface area (Å²) in [6.07, 6.45) is 1.89. The fraction of sp³-hybridized carbons (Fsp3) is 0.583. The molecule has 0 N–H and O–H groups in total. The first kappa shape index (κ1) is 14.5. The molecular weight excluding hydrogens is 282 g/mol. The Morgan fingerprint density at radius 2 is 2.21 bits per heavy atom. The third kappa shape index (κ3) is 2.98. The number of nitrogens with zero attached hydrogens (tertiary/aromatic N) is 3. The molecule has 1 aliphatic heterocycles. The molecule has 2 rings (SSSR count). The van der Waals surface area contributed by atoms with Crippen LogP contribution in [0.2, 0.25) is 0 Å². The van der Waals surface area contributed by atoms with Crippen LogP contribution in [0.4, 0.5) is 0 Å². The van der Waals surface area contributed by atoms with E-state index in [9.17, 15) is 8.42 Å². The predicted molar refractivity (Wildman–Crippen MR) is 74.5 cm³/mol. The monoisotopic (exact) mass is 299 g/mol. The number of rotatable bonds is 3. The van der Waals surface area contributed by atoms with Crippen LogP contribution in [-0.4, -0.2) is 50.8 Å². The molecule has 1 fully saturated rings. The Morgan fingerprint density at radius 1 is 1.47 bits per heavy atom. The molecule has 1 aromatic rings. The molecule has 0 bridgehead atoms. The van der Waals surface area contributed by atoms with Crippen molar-refractivity contribution in [3.05, 3.63) is 17.0 Å². The minimum atomic E-state index is -3.44. The summed E-state index contributed by atoms with van der Waals surface area (Å²) in [5, 5.41) is 8.79. The van der Waals surface area contributed by atoms with Gasteiger partial charge in [-0.05, 0) is 39.1 Å². The van der Waals surface area contributed by atoms with E-state index in [-0.39, 0.29) is 10.3 Å². The molecule has 1 unspecified atom stereocenters. The highest BCUT2D eigenvalue weighted by Gasteiger charge is 2.31. The third-order valence-electron chi connectivity index (χ3n) is 3.38. The highest BCUT2D eigenvalue weighted by molar-refractivity contribution is 7.91. The number of sulfonamides is 1. The van der Waals surface area contributed by atoms with Crippen molar-refractivity contribution in [1.82, 2.24) is 9.21 Å². The van der Waals surface area contributed by atoms with Crippen LogP contribution in [0.1, 0.15) is 17.7 Å². The fourth-order valence-corrected chi connectivity index (χ4v) is 4.98. The molecule has 19 heavy (non-hydrogen) atoms. The van der Waals surface area contributed by atoms with Gasteiger partial charge in [-0.2, -0.15) is 9.57 Å². The largest absolute Gasteiger partial charge is 0.305 e. The van der Waals surface area contributed by atoms with Gasteiger partial charge in [-0.3, -0.25) is 0 Å². The van der Waals surface area contributed by atoms with Crippen molar-refractivity contribution in [2.24, 2.45) is 0 Å². The zero-order valence-electron chi connectivity index (χ0n) is 11.0. The van der Waals surface area contributed by atoms with E-state index in [1.165, 1.54) is 10.4 Å². The van der Waals surface area contributed by atoms with Gasteiger partial charge in [0.05, 0.1) is 0 Å². The van der Waals surface area contributed by atoms with Gasteiger partial charge in [0.25, 0.3) is 10.0 Å². The predicted octanol–water partition coefficient (Wildman–Crippen LogP) is 1.33. The van der Waals surface area contributed by atoms with Crippen molar-refractivity contribution in [3.8, 4) is 6.07 Å². The van der Waals surface area contributed by atoms with Crippen LogP contribution < -0.4 is 0 Å². The molecule has 0 aliphatic carbocycles. The molecule has 1 saturated heterocycles. The molecule has 0 saturated carbocycles. The van der Waals surface area contributed by atoms with E-state index < -0.39 is 10.0 Å². The van der Waals surface area contributed by atoms with E-state index in [0.29, 0.717) is 18.0 Å². The fourth-order valence-electron chi connectivity index (χ4n) is 2.21. The standard InChI is InChI=1S/C12H17N3O2S2/c1-14(2)10-4-3-7-15(9-10)19(16,17)12-6-5-11(8-13)18-12/h5-6,10H,3-4,7,9H2,1-2H3. The average molecular weight is 299 g/mol. The van der Waals surface area contributed by atoms with Crippen LogP contribution in [-0.2, 0) is 10.0 Å². The maximum atomic E-state index is 12.5. The zero-order valence-corrected chi connectivity index (χ0v) is 12.7. The first-order valence-electron chi connectivity index (χ1n) is 6.11. The number of thiophene rings is 1. The van der Waals surface area contributed by atoms with Crippen molar-refractivity contribution in [2.45, 2.75) is 23.1 Å². The van der Waals surface area contributed by atoms with Crippen molar-refractivity contribution in [1.29, 1.82) is 5.26 Å². The molecule has 5 nitrogen and oxygen atoms in total. The summed E-state index contributed by atoms with van der Waals surface area (Å²) < 4.78 is 26.8. The number of hydrogen-bond acceptors (Lipinski definition) is 5. The van der Waals surface area contributed by atoms with Gasteiger partial charge in [0.1, 0.15) is 15.2 Å². The summed E-state index contributed by atoms with van der Waals surface area (Å²) in [6, 6.07) is 5.33. The Labute approximate surface area is 118 Å². The van der Waals surface area contributed by atoms with Gasteiger partial charge in [-0.15, -0.1) is 11.3 Å². The Bertz CT molecular complexity index is 586. The maximum absolute atomic E-state index is 12.5. The molecule has 0 aromatic carbocycles. The van der Waals surface area contributed by atoms with Gasteiger partial charge < -0.3 is 4.90 Å². The Hall–Kier alpha value is -0.940. The average Bonchev–Trinajstić information content (AvgIpc) is 2.88. The smallest absolute Gasteiger partial charge is 0.252 e. The Balaban J connectivity index is 2.22. The van der Waals surface area contributed by atoms with Gasteiger partial charge in [0.15, 0.2) is 0 Å². The molecule has 1 aromatic heterocycles. The summed E-state index contributed by atoms with van der Waals surface area (Å²) in [5.74, 6) is 0. The SMILES string of the molecule is CN(C)C1CCCN(S(=O)(=O)c2ccc(C#N)s2)C1. The highest BCUT2D eigenvalue weighted by Crippen LogP contribution is 2.27. The summed E-state index contributed by atoms with van der Waals surface area (Å²) in [5.41, 5.74) is 0. The van der Waals surface area contributed by atoms with E-state index >= 15 is 0 Å². The quantitative estimate of drug-likeness (QED) is 0.845. The van der Waals surface area contributed by atoms with Crippen molar-refractivity contribution >= 4 is 21.4 Å². The van der Waals surface area contributed by atoms with Gasteiger partial charge in [0, 0.05) is 19.1 Å². The molecule has 0 spiro atoms. The van der Waals surface area contributed by atoms with Crippen LogP contribution in [0.5, 0.6) is 0 Å². The van der Waals surface area contributed by atoms with Crippen molar-refractivity contribution < 1.29 is 8.42 Å². The number of likely N-dealkylation sites (N-methyl/N-ethyl adjacent to an activating group) is 1. The van der Waals surface area contributed by atoms with Crippen LogP contribution >= 0.6 is 11.3 Å². The zero-order chi connectivity index (χ0) is 14.0. The lowest BCUT2D eigenvalue weighted by Gasteiger charge is -2.35. The minimum absolute atomic E-state index is 0.263. The highest BCUT2D eigenvalue weighted by atomic mass is 32.2. The third-order valence-corrected chi connectivity index (χ3v) is 6.70. The van der Waals surface area contributed by atoms with Gasteiger partial charge in [-0.1, -0.05) is 0 Å². The number of piperidine rings is 1. The Morgan fingerprint density at radius 3 is 2.79 bits per heavy atom.